The van der Waals surface area contributed by atoms with Crippen molar-refractivity contribution in [3.63, 3.8) is 0 Å². The minimum Gasteiger partial charge on any atom is -0.747 e. The van der Waals surface area contributed by atoms with Crippen LogP contribution in [0.25, 0.3) is 0 Å². The Morgan fingerprint density at radius 2 is 1.68 bits per heavy atom. The highest BCUT2D eigenvalue weighted by Crippen LogP contribution is 2.14. The van der Waals surface area contributed by atoms with E-state index in [0.717, 1.165) is 0 Å². The summed E-state index contributed by atoms with van der Waals surface area (Å²) in [6.45, 7) is 8.28. The first-order valence-corrected chi connectivity index (χ1v) is 8.58. The second kappa shape index (κ2) is 8.19. The zero-order valence-corrected chi connectivity index (χ0v) is 13.9. The van der Waals surface area contributed by atoms with Crippen molar-refractivity contribution in [2.24, 2.45) is 0 Å². The lowest BCUT2D eigenvalue weighted by atomic mass is 10.3. The van der Waals surface area contributed by atoms with E-state index in [9.17, 15) is 13.0 Å². The number of likely N-dealkylation sites (tertiary alicyclic amines) is 1. The minimum atomic E-state index is -4.15. The van der Waals surface area contributed by atoms with Gasteiger partial charge in [0.2, 0.25) is 0 Å². The number of hydrogen-bond acceptors (Lipinski definition) is 4. The maximum absolute atomic E-state index is 10.6. The zero-order chi connectivity index (χ0) is 15.1. The Balaban J connectivity index is 0.000000356. The van der Waals surface area contributed by atoms with Gasteiger partial charge in [0.05, 0.1) is 26.7 Å². The molecule has 1 fully saturated rings. The van der Waals surface area contributed by atoms with Crippen LogP contribution < -0.4 is 0 Å². The molecule has 116 valence electrons. The predicted molar refractivity (Wildman–Crippen MR) is 77.8 cm³/mol. The van der Waals surface area contributed by atoms with E-state index in [4.69, 9.17) is 0 Å². The normalized spacial score (nSPS) is 19.9. The highest BCUT2D eigenvalue weighted by atomic mass is 32.2. The molecule has 1 unspecified atom stereocenters. The molecular weight excluding hydrogens is 264 g/mol. The van der Waals surface area contributed by atoms with Crippen molar-refractivity contribution in [1.29, 1.82) is 0 Å². The Kier molecular flexibility index (Phi) is 8.12. The van der Waals surface area contributed by atoms with E-state index >= 15 is 0 Å². The van der Waals surface area contributed by atoms with Crippen LogP contribution in [0.4, 0.5) is 0 Å². The fourth-order valence-electron chi connectivity index (χ4n) is 2.32. The van der Waals surface area contributed by atoms with E-state index < -0.39 is 15.5 Å². The Morgan fingerprint density at radius 1 is 1.21 bits per heavy atom. The van der Waals surface area contributed by atoms with Crippen LogP contribution >= 0.6 is 0 Å². The summed E-state index contributed by atoms with van der Waals surface area (Å²) in [4.78, 5) is 1.44. The number of hydrogen-bond donors (Lipinski definition) is 0. The lowest BCUT2D eigenvalue weighted by Crippen LogP contribution is -2.40. The molecule has 1 atom stereocenters. The average Bonchev–Trinajstić information content (AvgIpc) is 2.73. The molecule has 1 saturated heterocycles. The molecule has 5 nitrogen and oxygen atoms in total. The molecule has 0 saturated carbocycles. The first-order chi connectivity index (χ1) is 8.66. The van der Waals surface area contributed by atoms with Gasteiger partial charge in [-0.15, -0.1) is 0 Å². The Labute approximate surface area is 118 Å². The van der Waals surface area contributed by atoms with Gasteiger partial charge in [-0.25, -0.2) is 8.42 Å². The summed E-state index contributed by atoms with van der Waals surface area (Å²) in [6, 6.07) is 0. The van der Waals surface area contributed by atoms with E-state index in [1.54, 1.807) is 14.1 Å². The molecule has 0 aromatic carbocycles. The molecule has 0 aromatic heterocycles. The third-order valence-electron chi connectivity index (χ3n) is 3.85. The molecule has 1 rings (SSSR count). The lowest BCUT2D eigenvalue weighted by Gasteiger charge is -2.26. The van der Waals surface area contributed by atoms with Gasteiger partial charge in [0.25, 0.3) is 0 Å². The van der Waals surface area contributed by atoms with Gasteiger partial charge in [-0.1, -0.05) is 13.3 Å². The Bertz CT molecular complexity index is 336. The zero-order valence-electron chi connectivity index (χ0n) is 13.1. The lowest BCUT2D eigenvalue weighted by molar-refractivity contribution is -0.895. The van der Waals surface area contributed by atoms with Crippen LogP contribution in [0.15, 0.2) is 0 Å². The van der Waals surface area contributed by atoms with Crippen molar-refractivity contribution in [2.75, 3.05) is 40.8 Å². The SMILES string of the molecule is CCCC(N(C)C)S(=O)(=O)[O-].CC[N+]1(C)CCCC1. The number of quaternary nitrogens is 1. The Morgan fingerprint density at radius 3 is 1.84 bits per heavy atom. The third kappa shape index (κ3) is 7.25. The van der Waals surface area contributed by atoms with Gasteiger partial charge in [-0.3, -0.25) is 4.90 Å². The molecule has 0 aromatic rings. The van der Waals surface area contributed by atoms with Crippen LogP contribution in [0.1, 0.15) is 39.5 Å². The van der Waals surface area contributed by atoms with Crippen LogP contribution in [0.2, 0.25) is 0 Å². The fraction of sp³-hybridized carbons (Fsp3) is 1.00. The molecule has 0 amide bonds. The smallest absolute Gasteiger partial charge is 0.111 e. The molecule has 0 spiro atoms. The number of rotatable bonds is 5. The monoisotopic (exact) mass is 294 g/mol. The van der Waals surface area contributed by atoms with Crippen molar-refractivity contribution < 1.29 is 17.5 Å². The molecular formula is C13H30N2O3S. The minimum absolute atomic E-state index is 0.402. The van der Waals surface area contributed by atoms with Gasteiger partial charge in [-0.05, 0) is 27.4 Å². The predicted octanol–water partition coefficient (Wildman–Crippen LogP) is 1.47. The molecule has 19 heavy (non-hydrogen) atoms. The van der Waals surface area contributed by atoms with Crippen LogP contribution in [0.3, 0.4) is 0 Å². The third-order valence-corrected chi connectivity index (χ3v) is 5.18. The van der Waals surface area contributed by atoms with Crippen molar-refractivity contribution in [1.82, 2.24) is 4.90 Å². The second-order valence-electron chi connectivity index (χ2n) is 5.79. The van der Waals surface area contributed by atoms with Gasteiger partial charge < -0.3 is 9.04 Å². The van der Waals surface area contributed by atoms with Crippen LogP contribution in [-0.2, 0) is 10.1 Å². The van der Waals surface area contributed by atoms with E-state index in [-0.39, 0.29) is 0 Å². The molecule has 0 aliphatic carbocycles. The van der Waals surface area contributed by atoms with Crippen LogP contribution in [-0.4, -0.2) is 68.5 Å². The summed E-state index contributed by atoms with van der Waals surface area (Å²) in [5.74, 6) is 0. The highest BCUT2D eigenvalue weighted by Gasteiger charge is 2.23. The van der Waals surface area contributed by atoms with Crippen molar-refractivity contribution in [3.05, 3.63) is 0 Å². The molecule has 1 aliphatic heterocycles. The van der Waals surface area contributed by atoms with Gasteiger partial charge in [0.1, 0.15) is 15.5 Å². The summed E-state index contributed by atoms with van der Waals surface area (Å²) in [7, 11) is 1.39. The molecule has 0 N–H and O–H groups in total. The summed E-state index contributed by atoms with van der Waals surface area (Å²) >= 11 is 0. The van der Waals surface area contributed by atoms with E-state index in [2.05, 4.69) is 14.0 Å². The van der Waals surface area contributed by atoms with Gasteiger partial charge in [0.15, 0.2) is 0 Å². The van der Waals surface area contributed by atoms with Crippen molar-refractivity contribution in [3.8, 4) is 0 Å². The highest BCUT2D eigenvalue weighted by molar-refractivity contribution is 7.86. The van der Waals surface area contributed by atoms with E-state index in [1.807, 2.05) is 6.92 Å². The quantitative estimate of drug-likeness (QED) is 0.569. The molecule has 1 aliphatic rings. The largest absolute Gasteiger partial charge is 0.747 e. The number of nitrogens with zero attached hydrogens (tertiary/aromatic N) is 2. The van der Waals surface area contributed by atoms with Gasteiger partial charge >= 0.3 is 0 Å². The maximum Gasteiger partial charge on any atom is 0.111 e. The standard InChI is InChI=1S/C7H16N.C6H15NO3S/c1-3-8(2)6-4-5-7-8;1-4-5-6(7(2)3)11(8,9)10/h3-7H2,1-2H3;6H,4-5H2,1-3H3,(H,8,9,10)/q+1;/p-1. The summed E-state index contributed by atoms with van der Waals surface area (Å²) in [6.07, 6.45) is 4.00. The average molecular weight is 294 g/mol. The molecule has 0 radical (unpaired) electrons. The van der Waals surface area contributed by atoms with Crippen LogP contribution in [0, 0.1) is 0 Å². The Hall–Kier alpha value is -0.170. The van der Waals surface area contributed by atoms with Gasteiger partial charge in [0, 0.05) is 12.8 Å². The van der Waals surface area contributed by atoms with E-state index in [1.165, 1.54) is 41.9 Å². The van der Waals surface area contributed by atoms with Gasteiger partial charge in [-0.2, -0.15) is 0 Å². The van der Waals surface area contributed by atoms with Crippen molar-refractivity contribution >= 4 is 10.1 Å². The topological polar surface area (TPSA) is 60.4 Å². The van der Waals surface area contributed by atoms with Crippen molar-refractivity contribution in [2.45, 2.75) is 44.9 Å². The van der Waals surface area contributed by atoms with Crippen LogP contribution in [0.5, 0.6) is 0 Å². The molecule has 0 bridgehead atoms. The maximum atomic E-state index is 10.6. The second-order valence-corrected chi connectivity index (χ2v) is 7.32. The molecule has 6 heteroatoms. The first-order valence-electron chi connectivity index (χ1n) is 7.11. The molecule has 1 heterocycles. The van der Waals surface area contributed by atoms with E-state index in [0.29, 0.717) is 12.8 Å². The summed E-state index contributed by atoms with van der Waals surface area (Å²) < 4.78 is 33.0. The first kappa shape index (κ1) is 18.8. The summed E-state index contributed by atoms with van der Waals surface area (Å²) in [5.41, 5.74) is 0. The summed E-state index contributed by atoms with van der Waals surface area (Å²) in [5, 5.41) is -0.868. The fourth-order valence-corrected chi connectivity index (χ4v) is 3.36.